The molecule has 0 spiro atoms. The first-order valence-corrected chi connectivity index (χ1v) is 6.79. The third kappa shape index (κ3) is 2.90. The molecule has 0 saturated heterocycles. The van der Waals surface area contributed by atoms with Crippen LogP contribution in [0.4, 0.5) is 4.39 Å². The largest absolute Gasteiger partial charge is 0.294 e. The Labute approximate surface area is 127 Å². The van der Waals surface area contributed by atoms with Crippen molar-refractivity contribution < 1.29 is 4.39 Å². The van der Waals surface area contributed by atoms with Gasteiger partial charge in [0, 0.05) is 31.2 Å². The molecule has 0 N–H and O–H groups in total. The number of hydrogen-bond acceptors (Lipinski definition) is 4. The normalized spacial score (nSPS) is 11.2. The van der Waals surface area contributed by atoms with Crippen LogP contribution in [-0.2, 0) is 6.54 Å². The van der Waals surface area contributed by atoms with Crippen molar-refractivity contribution in [3.8, 4) is 11.5 Å². The molecular weight excluding hydrogens is 281 g/mol. The first-order valence-electron chi connectivity index (χ1n) is 6.79. The predicted molar refractivity (Wildman–Crippen MR) is 82.3 cm³/mol. The average Bonchev–Trinajstić information content (AvgIpc) is 2.94. The van der Waals surface area contributed by atoms with Crippen molar-refractivity contribution in [2.45, 2.75) is 6.54 Å². The topological polar surface area (TPSA) is 56.0 Å². The van der Waals surface area contributed by atoms with E-state index >= 15 is 0 Å². The molecule has 2 heterocycles. The van der Waals surface area contributed by atoms with Gasteiger partial charge in [-0.3, -0.25) is 9.67 Å². The molecule has 0 aliphatic heterocycles. The Balaban J connectivity index is 2.00. The summed E-state index contributed by atoms with van der Waals surface area (Å²) < 4.78 is 15.5. The Hall–Kier alpha value is -2.89. The maximum Gasteiger partial charge on any atom is 0.180 e. The summed E-state index contributed by atoms with van der Waals surface area (Å²) in [7, 11) is 1.68. The predicted octanol–water partition coefficient (Wildman–Crippen LogP) is 2.58. The van der Waals surface area contributed by atoms with Crippen LogP contribution in [0, 0.1) is 5.82 Å². The lowest BCUT2D eigenvalue weighted by Crippen LogP contribution is -2.07. The van der Waals surface area contributed by atoms with Crippen molar-refractivity contribution >= 4 is 6.21 Å². The van der Waals surface area contributed by atoms with Gasteiger partial charge in [0.15, 0.2) is 5.82 Å². The third-order valence-corrected chi connectivity index (χ3v) is 3.15. The summed E-state index contributed by atoms with van der Waals surface area (Å²) >= 11 is 0. The van der Waals surface area contributed by atoms with Crippen LogP contribution in [0.3, 0.4) is 0 Å². The Morgan fingerprint density at radius 3 is 2.68 bits per heavy atom. The minimum absolute atomic E-state index is 0.255. The van der Waals surface area contributed by atoms with E-state index in [2.05, 4.69) is 20.1 Å². The molecule has 2 aromatic heterocycles. The van der Waals surface area contributed by atoms with Crippen molar-refractivity contribution in [1.82, 2.24) is 19.7 Å². The Morgan fingerprint density at radius 1 is 1.18 bits per heavy atom. The van der Waals surface area contributed by atoms with Crippen LogP contribution in [0.2, 0.25) is 0 Å². The summed E-state index contributed by atoms with van der Waals surface area (Å²) in [5.41, 5.74) is 1.97. The zero-order chi connectivity index (χ0) is 15.4. The number of nitrogens with zero attached hydrogens (tertiary/aromatic N) is 5. The first kappa shape index (κ1) is 14.1. The van der Waals surface area contributed by atoms with Crippen LogP contribution >= 0.6 is 0 Å². The van der Waals surface area contributed by atoms with Crippen LogP contribution in [0.5, 0.6) is 0 Å². The smallest absolute Gasteiger partial charge is 0.180 e. The second-order valence-electron chi connectivity index (χ2n) is 4.66. The van der Waals surface area contributed by atoms with Crippen molar-refractivity contribution in [2.24, 2.45) is 4.99 Å². The zero-order valence-electron chi connectivity index (χ0n) is 12.0. The molecule has 0 atom stereocenters. The summed E-state index contributed by atoms with van der Waals surface area (Å²) in [6.07, 6.45) is 5.00. The van der Waals surface area contributed by atoms with Crippen LogP contribution in [0.25, 0.3) is 11.5 Å². The Bertz CT molecular complexity index is 795. The van der Waals surface area contributed by atoms with Crippen molar-refractivity contribution in [1.29, 1.82) is 0 Å². The number of rotatable bonds is 4. The molecule has 3 rings (SSSR count). The molecule has 0 fully saturated rings. The van der Waals surface area contributed by atoms with Crippen molar-refractivity contribution in [3.63, 3.8) is 0 Å². The maximum absolute atomic E-state index is 13.8. The fraction of sp³-hybridized carbons (Fsp3) is 0.125. The molecule has 110 valence electrons. The van der Waals surface area contributed by atoms with Gasteiger partial charge in [0.1, 0.15) is 11.5 Å². The molecule has 0 bridgehead atoms. The van der Waals surface area contributed by atoms with Crippen LogP contribution < -0.4 is 0 Å². The molecule has 0 radical (unpaired) electrons. The maximum atomic E-state index is 13.8. The Kier molecular flexibility index (Phi) is 4.00. The molecule has 5 nitrogen and oxygen atoms in total. The van der Waals surface area contributed by atoms with E-state index in [1.165, 1.54) is 6.07 Å². The highest BCUT2D eigenvalue weighted by Gasteiger charge is 2.11. The minimum atomic E-state index is -0.255. The summed E-state index contributed by atoms with van der Waals surface area (Å²) in [6.45, 7) is 0.320. The molecule has 0 amide bonds. The van der Waals surface area contributed by atoms with Crippen LogP contribution in [-0.4, -0.2) is 33.0 Å². The number of benzene rings is 1. The lowest BCUT2D eigenvalue weighted by Gasteiger charge is -2.05. The second-order valence-corrected chi connectivity index (χ2v) is 4.66. The van der Waals surface area contributed by atoms with E-state index in [1.807, 2.05) is 6.07 Å². The van der Waals surface area contributed by atoms with Crippen LogP contribution in [0.1, 0.15) is 11.3 Å². The van der Waals surface area contributed by atoms with Crippen molar-refractivity contribution in [3.05, 3.63) is 65.9 Å². The van der Waals surface area contributed by atoms with E-state index in [9.17, 15) is 4.39 Å². The van der Waals surface area contributed by atoms with Gasteiger partial charge in [-0.1, -0.05) is 18.2 Å². The van der Waals surface area contributed by atoms with Gasteiger partial charge < -0.3 is 0 Å². The molecule has 22 heavy (non-hydrogen) atoms. The highest BCUT2D eigenvalue weighted by Crippen LogP contribution is 2.16. The number of hydrogen-bond donors (Lipinski definition) is 0. The van der Waals surface area contributed by atoms with E-state index in [1.54, 1.807) is 54.6 Å². The van der Waals surface area contributed by atoms with Gasteiger partial charge in [0.25, 0.3) is 0 Å². The van der Waals surface area contributed by atoms with E-state index < -0.39 is 0 Å². The van der Waals surface area contributed by atoms with E-state index in [0.717, 1.165) is 5.69 Å². The molecule has 3 aromatic rings. The number of aliphatic imine (C=N–C) groups is 1. The highest BCUT2D eigenvalue weighted by molar-refractivity contribution is 5.79. The monoisotopic (exact) mass is 295 g/mol. The SMILES string of the molecule is C/N=C/c1cc(-c2ncccn2)nn1Cc1ccccc1F. The molecule has 0 unspecified atom stereocenters. The van der Waals surface area contributed by atoms with E-state index in [4.69, 9.17) is 0 Å². The van der Waals surface area contributed by atoms with Gasteiger partial charge in [-0.2, -0.15) is 5.10 Å². The van der Waals surface area contributed by atoms with Crippen LogP contribution in [0.15, 0.2) is 53.8 Å². The van der Waals surface area contributed by atoms with E-state index in [-0.39, 0.29) is 5.82 Å². The molecule has 0 aliphatic carbocycles. The fourth-order valence-corrected chi connectivity index (χ4v) is 2.12. The highest BCUT2D eigenvalue weighted by atomic mass is 19.1. The number of halogens is 1. The Morgan fingerprint density at radius 2 is 1.95 bits per heavy atom. The summed E-state index contributed by atoms with van der Waals surface area (Å²) in [4.78, 5) is 12.4. The van der Waals surface area contributed by atoms with Crippen molar-refractivity contribution in [2.75, 3.05) is 7.05 Å². The average molecular weight is 295 g/mol. The second kappa shape index (κ2) is 6.26. The fourth-order valence-electron chi connectivity index (χ4n) is 2.12. The first-order chi connectivity index (χ1) is 10.8. The van der Waals surface area contributed by atoms with Gasteiger partial charge in [-0.05, 0) is 18.2 Å². The molecule has 0 saturated carbocycles. The summed E-state index contributed by atoms with van der Waals surface area (Å²) in [6, 6.07) is 10.2. The molecular formula is C16H14FN5. The van der Waals surface area contributed by atoms with Gasteiger partial charge in [-0.25, -0.2) is 14.4 Å². The summed E-state index contributed by atoms with van der Waals surface area (Å²) in [5, 5.41) is 4.47. The van der Waals surface area contributed by atoms with Gasteiger partial charge in [0.2, 0.25) is 0 Å². The van der Waals surface area contributed by atoms with Gasteiger partial charge in [-0.15, -0.1) is 0 Å². The quantitative estimate of drug-likeness (QED) is 0.695. The third-order valence-electron chi connectivity index (χ3n) is 3.15. The standard InChI is InChI=1S/C16H14FN5/c1-18-10-13-9-15(16-19-7-4-8-20-16)21-22(13)11-12-5-2-3-6-14(12)17/h2-10H,11H2,1H3/b18-10+. The molecule has 1 aromatic carbocycles. The summed E-state index contributed by atoms with van der Waals surface area (Å²) in [5.74, 6) is 0.274. The van der Waals surface area contributed by atoms with E-state index in [0.29, 0.717) is 23.6 Å². The zero-order valence-corrected chi connectivity index (χ0v) is 12.0. The lowest BCUT2D eigenvalue weighted by molar-refractivity contribution is 0.584. The van der Waals surface area contributed by atoms with Gasteiger partial charge in [0.05, 0.1) is 12.2 Å². The number of aromatic nitrogens is 4. The molecule has 0 aliphatic rings. The molecule has 6 heteroatoms. The minimum Gasteiger partial charge on any atom is -0.294 e. The van der Waals surface area contributed by atoms with Gasteiger partial charge >= 0.3 is 0 Å². The lowest BCUT2D eigenvalue weighted by atomic mass is 10.2.